The Labute approximate surface area is 533 Å². The zero-order valence-corrected chi connectivity index (χ0v) is 58.1. The first kappa shape index (κ1) is 83.6. The van der Waals surface area contributed by atoms with Gasteiger partial charge in [-0.15, -0.1) is 0 Å². The highest BCUT2D eigenvalue weighted by Gasteiger charge is 2.20. The largest absolute Gasteiger partial charge is 0.466 e. The van der Waals surface area contributed by atoms with Crippen LogP contribution >= 0.6 is 0 Å². The Kier molecular flexibility index (Phi) is 73.8. The summed E-state index contributed by atoms with van der Waals surface area (Å²) in [5.41, 5.74) is 0. The topological polar surface area (TPSA) is 95.9 Å². The van der Waals surface area contributed by atoms with Gasteiger partial charge in [-0.1, -0.05) is 411 Å². The molecule has 0 heterocycles. The van der Waals surface area contributed by atoms with Gasteiger partial charge >= 0.3 is 5.97 Å². The molecule has 0 radical (unpaired) electrons. The van der Waals surface area contributed by atoms with E-state index in [4.69, 9.17) is 4.74 Å². The molecule has 0 aliphatic rings. The van der Waals surface area contributed by atoms with Crippen LogP contribution in [0.5, 0.6) is 0 Å². The van der Waals surface area contributed by atoms with Crippen LogP contribution in [0.15, 0.2) is 12.2 Å². The second-order valence-corrected chi connectivity index (χ2v) is 27.4. The van der Waals surface area contributed by atoms with E-state index in [-0.39, 0.29) is 18.5 Å². The molecule has 85 heavy (non-hydrogen) atoms. The summed E-state index contributed by atoms with van der Waals surface area (Å²) >= 11 is 0. The highest BCUT2D eigenvalue weighted by molar-refractivity contribution is 5.76. The molecule has 0 rings (SSSR count). The average molecular weight is 1200 g/mol. The van der Waals surface area contributed by atoms with E-state index in [9.17, 15) is 19.8 Å². The summed E-state index contributed by atoms with van der Waals surface area (Å²) < 4.78 is 5.47. The molecule has 0 spiro atoms. The van der Waals surface area contributed by atoms with Gasteiger partial charge in [-0.3, -0.25) is 9.59 Å². The number of rotatable bonds is 75. The van der Waals surface area contributed by atoms with Gasteiger partial charge in [-0.05, 0) is 44.9 Å². The molecule has 0 saturated heterocycles. The second-order valence-electron chi connectivity index (χ2n) is 27.4. The number of carbonyl (C=O) groups excluding carboxylic acids is 2. The van der Waals surface area contributed by atoms with Crippen LogP contribution in [0.1, 0.15) is 457 Å². The number of ether oxygens (including phenoxy) is 1. The number of aliphatic hydroxyl groups excluding tert-OH is 2. The van der Waals surface area contributed by atoms with Crippen LogP contribution in [0.3, 0.4) is 0 Å². The molecule has 0 aromatic carbocycles. The summed E-state index contributed by atoms with van der Waals surface area (Å²) in [7, 11) is 0. The van der Waals surface area contributed by atoms with Crippen molar-refractivity contribution in [1.82, 2.24) is 5.32 Å². The number of unbranched alkanes of at least 4 members (excludes halogenated alkanes) is 62. The monoisotopic (exact) mass is 1200 g/mol. The van der Waals surface area contributed by atoms with E-state index in [0.29, 0.717) is 25.9 Å². The highest BCUT2D eigenvalue weighted by atomic mass is 16.5. The van der Waals surface area contributed by atoms with E-state index in [0.717, 1.165) is 44.9 Å². The number of carbonyl (C=O) groups is 2. The van der Waals surface area contributed by atoms with Gasteiger partial charge in [0.1, 0.15) is 0 Å². The third-order valence-electron chi connectivity index (χ3n) is 18.8. The van der Waals surface area contributed by atoms with E-state index in [2.05, 4.69) is 31.3 Å². The smallest absolute Gasteiger partial charge is 0.305 e. The Hall–Kier alpha value is -1.40. The van der Waals surface area contributed by atoms with Crippen molar-refractivity contribution in [2.24, 2.45) is 0 Å². The molecule has 0 aromatic rings. The molecule has 506 valence electrons. The molecule has 0 aliphatic heterocycles. The zero-order valence-electron chi connectivity index (χ0n) is 58.1. The lowest BCUT2D eigenvalue weighted by Gasteiger charge is -2.22. The molecule has 6 heteroatoms. The van der Waals surface area contributed by atoms with Crippen LogP contribution in [0.4, 0.5) is 0 Å². The lowest BCUT2D eigenvalue weighted by molar-refractivity contribution is -0.143. The summed E-state index contributed by atoms with van der Waals surface area (Å²) in [4.78, 5) is 24.6. The van der Waals surface area contributed by atoms with E-state index in [1.807, 2.05) is 0 Å². The number of hydrogen-bond acceptors (Lipinski definition) is 5. The summed E-state index contributed by atoms with van der Waals surface area (Å²) in [5, 5.41) is 23.5. The van der Waals surface area contributed by atoms with E-state index in [1.165, 1.54) is 379 Å². The summed E-state index contributed by atoms with van der Waals surface area (Å²) in [6.45, 7) is 4.97. The summed E-state index contributed by atoms with van der Waals surface area (Å²) in [5.74, 6) is -0.0114. The van der Waals surface area contributed by atoms with Gasteiger partial charge < -0.3 is 20.3 Å². The fraction of sp³-hybridized carbons (Fsp3) is 0.949. The Morgan fingerprint density at radius 2 is 0.565 bits per heavy atom. The Morgan fingerprint density at radius 1 is 0.318 bits per heavy atom. The molecule has 2 unspecified atom stereocenters. The van der Waals surface area contributed by atoms with Crippen LogP contribution < -0.4 is 5.32 Å². The van der Waals surface area contributed by atoms with Crippen molar-refractivity contribution in [2.75, 3.05) is 13.2 Å². The van der Waals surface area contributed by atoms with Gasteiger partial charge in [-0.2, -0.15) is 0 Å². The van der Waals surface area contributed by atoms with Gasteiger partial charge in [0.2, 0.25) is 5.91 Å². The molecule has 0 aromatic heterocycles. The minimum absolute atomic E-state index is 0.0124. The maximum Gasteiger partial charge on any atom is 0.305 e. The normalized spacial score (nSPS) is 12.5. The van der Waals surface area contributed by atoms with Crippen LogP contribution in [-0.2, 0) is 14.3 Å². The minimum Gasteiger partial charge on any atom is -0.466 e. The predicted molar refractivity (Wildman–Crippen MR) is 375 cm³/mol. The van der Waals surface area contributed by atoms with Crippen molar-refractivity contribution < 1.29 is 24.5 Å². The Balaban J connectivity index is 3.31. The fourth-order valence-corrected chi connectivity index (χ4v) is 12.8. The molecule has 0 fully saturated rings. The molecule has 2 atom stereocenters. The first-order valence-electron chi connectivity index (χ1n) is 39.4. The second kappa shape index (κ2) is 75.1. The Morgan fingerprint density at radius 3 is 0.871 bits per heavy atom. The van der Waals surface area contributed by atoms with E-state index < -0.39 is 12.1 Å². The molecule has 0 aliphatic carbocycles. The first-order valence-corrected chi connectivity index (χ1v) is 39.4. The van der Waals surface area contributed by atoms with Crippen molar-refractivity contribution in [3.8, 4) is 0 Å². The van der Waals surface area contributed by atoms with Crippen molar-refractivity contribution in [3.05, 3.63) is 12.2 Å². The lowest BCUT2D eigenvalue weighted by atomic mass is 10.0. The SMILES string of the molecule is CCCC/C=C\CCCCCCCC(=O)OCCCCCCCCCCCCCCCCCCCCCCCCCCCCCCCCCCCCCC(=O)NC(CO)C(O)CCCCCCCCCCCCCCCCCCCCCCCC. The highest BCUT2D eigenvalue weighted by Crippen LogP contribution is 2.20. The average Bonchev–Trinajstić information content (AvgIpc) is 3.54. The van der Waals surface area contributed by atoms with E-state index in [1.54, 1.807) is 0 Å². The van der Waals surface area contributed by atoms with Crippen molar-refractivity contribution >= 4 is 11.9 Å². The molecule has 0 saturated carbocycles. The number of allylic oxidation sites excluding steroid dienone is 2. The lowest BCUT2D eigenvalue weighted by Crippen LogP contribution is -2.45. The summed E-state index contributed by atoms with van der Waals surface area (Å²) in [6, 6.07) is -0.538. The van der Waals surface area contributed by atoms with Gasteiger partial charge in [-0.25, -0.2) is 0 Å². The summed E-state index contributed by atoms with van der Waals surface area (Å²) in [6.07, 6.45) is 94.6. The maximum atomic E-state index is 12.6. The van der Waals surface area contributed by atoms with Crippen molar-refractivity contribution in [3.63, 3.8) is 0 Å². The fourth-order valence-electron chi connectivity index (χ4n) is 12.8. The van der Waals surface area contributed by atoms with Crippen LogP contribution in [0.2, 0.25) is 0 Å². The minimum atomic E-state index is -0.661. The Bertz CT molecular complexity index is 1290. The number of amides is 1. The van der Waals surface area contributed by atoms with Crippen LogP contribution in [0.25, 0.3) is 0 Å². The molecular weight excluding hydrogens is 1040 g/mol. The molecular formula is C79H155NO5. The molecule has 6 nitrogen and oxygen atoms in total. The van der Waals surface area contributed by atoms with Gasteiger partial charge in [0.25, 0.3) is 0 Å². The number of nitrogens with one attached hydrogen (secondary N) is 1. The third-order valence-corrected chi connectivity index (χ3v) is 18.8. The molecule has 0 bridgehead atoms. The zero-order chi connectivity index (χ0) is 61.3. The molecule has 1 amide bonds. The van der Waals surface area contributed by atoms with Crippen molar-refractivity contribution in [2.45, 2.75) is 469 Å². The third kappa shape index (κ3) is 71.6. The predicted octanol–water partition coefficient (Wildman–Crippen LogP) is 25.9. The number of esters is 1. The van der Waals surface area contributed by atoms with Gasteiger partial charge in [0.05, 0.1) is 25.4 Å². The number of aliphatic hydroxyl groups is 2. The van der Waals surface area contributed by atoms with Crippen LogP contribution in [0, 0.1) is 0 Å². The van der Waals surface area contributed by atoms with Crippen LogP contribution in [-0.4, -0.2) is 47.4 Å². The van der Waals surface area contributed by atoms with Gasteiger partial charge in [0.15, 0.2) is 0 Å². The van der Waals surface area contributed by atoms with E-state index >= 15 is 0 Å². The quantitative estimate of drug-likeness (QED) is 0.0320. The molecule has 3 N–H and O–H groups in total. The standard InChI is InChI=1S/C79H155NO5/c1-3-5-7-9-11-13-15-16-17-18-19-20-36-39-42-45-48-52-55-59-63-67-71-77(82)76(75-81)80-78(83)72-68-64-60-56-53-49-46-43-40-37-34-32-30-28-26-24-22-21-23-25-27-29-31-33-35-38-41-44-47-50-54-58-62-66-70-74-85-79(84)73-69-65-61-57-51-14-12-10-8-6-4-2/h10,12,76-77,81-82H,3-9,11,13-75H2,1-2H3,(H,80,83)/b12-10-. The first-order chi connectivity index (χ1) is 42.0. The van der Waals surface area contributed by atoms with Crippen molar-refractivity contribution in [1.29, 1.82) is 0 Å². The van der Waals surface area contributed by atoms with Gasteiger partial charge in [0, 0.05) is 12.8 Å². The number of hydrogen-bond donors (Lipinski definition) is 3. The maximum absolute atomic E-state index is 12.6.